The van der Waals surface area contributed by atoms with Crippen molar-refractivity contribution in [1.82, 2.24) is 5.43 Å². The highest BCUT2D eigenvalue weighted by molar-refractivity contribution is 5.88. The van der Waals surface area contributed by atoms with Gasteiger partial charge in [-0.2, -0.15) is 5.10 Å². The maximum absolute atomic E-state index is 10.4. The highest BCUT2D eigenvalue weighted by atomic mass is 16.2. The molecule has 2 amide bonds. The molecule has 0 aromatic heterocycles. The molecule has 1 atom stereocenters. The molecule has 1 unspecified atom stereocenters. The molecule has 0 heterocycles. The molecule has 4 heteroatoms. The molecule has 4 nitrogen and oxygen atoms in total. The van der Waals surface area contributed by atoms with Gasteiger partial charge in [-0.05, 0) is 25.2 Å². The average Bonchev–Trinajstić information content (AvgIpc) is 2.03. The van der Waals surface area contributed by atoms with E-state index in [9.17, 15) is 4.79 Å². The topological polar surface area (TPSA) is 67.5 Å². The first-order valence-electron chi connectivity index (χ1n) is 4.32. The Morgan fingerprint density at radius 1 is 1.67 bits per heavy atom. The fourth-order valence-electron chi connectivity index (χ4n) is 1.46. The minimum absolute atomic E-state index is 0.491. The van der Waals surface area contributed by atoms with Gasteiger partial charge in [-0.1, -0.05) is 13.3 Å². The van der Waals surface area contributed by atoms with Gasteiger partial charge in [0.05, 0.1) is 0 Å². The number of rotatable bonds is 1. The van der Waals surface area contributed by atoms with Gasteiger partial charge >= 0.3 is 6.03 Å². The Balaban J connectivity index is 2.47. The quantitative estimate of drug-likeness (QED) is 0.569. The van der Waals surface area contributed by atoms with Crippen LogP contribution in [0.5, 0.6) is 0 Å². The maximum Gasteiger partial charge on any atom is 0.332 e. The summed E-state index contributed by atoms with van der Waals surface area (Å²) in [7, 11) is 0. The first-order chi connectivity index (χ1) is 5.70. The Hall–Kier alpha value is -1.06. The van der Waals surface area contributed by atoms with Crippen molar-refractivity contribution in [2.24, 2.45) is 16.8 Å². The number of primary amides is 1. The molecule has 0 aliphatic heterocycles. The van der Waals surface area contributed by atoms with Gasteiger partial charge < -0.3 is 5.73 Å². The highest BCUT2D eigenvalue weighted by Gasteiger charge is 2.15. The average molecular weight is 169 g/mol. The molecular formula is C8H15N3O. The minimum Gasteiger partial charge on any atom is -0.350 e. The molecule has 0 aromatic carbocycles. The van der Waals surface area contributed by atoms with Gasteiger partial charge in [-0.3, -0.25) is 0 Å². The highest BCUT2D eigenvalue weighted by Crippen LogP contribution is 2.20. The molecule has 1 fully saturated rings. The van der Waals surface area contributed by atoms with Crippen LogP contribution < -0.4 is 11.2 Å². The lowest BCUT2D eigenvalue weighted by atomic mass is 9.89. The smallest absolute Gasteiger partial charge is 0.332 e. The Morgan fingerprint density at radius 2 is 2.42 bits per heavy atom. The zero-order chi connectivity index (χ0) is 8.97. The first kappa shape index (κ1) is 9.03. The lowest BCUT2D eigenvalue weighted by Crippen LogP contribution is -2.28. The van der Waals surface area contributed by atoms with Gasteiger partial charge in [0.1, 0.15) is 0 Å². The second-order valence-corrected chi connectivity index (χ2v) is 3.23. The van der Waals surface area contributed by atoms with Crippen molar-refractivity contribution in [2.45, 2.75) is 32.6 Å². The summed E-state index contributed by atoms with van der Waals surface area (Å²) in [5.41, 5.74) is 8.24. The standard InChI is InChI=1S/C8H15N3O/c1-6-4-2-3-5-7(6)10-11-8(9)12/h6H,2-5H2,1H3,(H3,9,11,12)/b10-7-. The summed E-state index contributed by atoms with van der Waals surface area (Å²) in [4.78, 5) is 10.4. The van der Waals surface area contributed by atoms with E-state index in [-0.39, 0.29) is 0 Å². The number of urea groups is 1. The fraction of sp³-hybridized carbons (Fsp3) is 0.750. The molecule has 1 aliphatic carbocycles. The summed E-state index contributed by atoms with van der Waals surface area (Å²) in [5, 5.41) is 3.96. The van der Waals surface area contributed by atoms with E-state index in [2.05, 4.69) is 17.5 Å². The number of carbonyl (C=O) groups excluding carboxylic acids is 1. The lowest BCUT2D eigenvalue weighted by Gasteiger charge is -2.19. The van der Waals surface area contributed by atoms with Crippen LogP contribution in [0, 0.1) is 5.92 Å². The molecular weight excluding hydrogens is 154 g/mol. The van der Waals surface area contributed by atoms with Crippen molar-refractivity contribution < 1.29 is 4.79 Å². The molecule has 3 N–H and O–H groups in total. The third-order valence-electron chi connectivity index (χ3n) is 2.20. The summed E-state index contributed by atoms with van der Waals surface area (Å²) in [6, 6.07) is -0.583. The van der Waals surface area contributed by atoms with Crippen LogP contribution in [-0.4, -0.2) is 11.7 Å². The molecule has 0 radical (unpaired) electrons. The molecule has 0 saturated heterocycles. The van der Waals surface area contributed by atoms with E-state index in [0.717, 1.165) is 12.1 Å². The second-order valence-electron chi connectivity index (χ2n) is 3.23. The van der Waals surface area contributed by atoms with E-state index < -0.39 is 6.03 Å². The van der Waals surface area contributed by atoms with Gasteiger partial charge in [0.25, 0.3) is 0 Å². The predicted molar refractivity (Wildman–Crippen MR) is 47.8 cm³/mol. The van der Waals surface area contributed by atoms with E-state index in [1.54, 1.807) is 0 Å². The first-order valence-corrected chi connectivity index (χ1v) is 4.32. The van der Waals surface area contributed by atoms with E-state index in [0.29, 0.717) is 5.92 Å². The number of hydrazone groups is 1. The largest absolute Gasteiger partial charge is 0.350 e. The van der Waals surface area contributed by atoms with E-state index in [1.165, 1.54) is 19.3 Å². The van der Waals surface area contributed by atoms with Crippen LogP contribution in [0.25, 0.3) is 0 Å². The fourth-order valence-corrected chi connectivity index (χ4v) is 1.46. The number of hydrogen-bond donors (Lipinski definition) is 2. The Kier molecular flexibility index (Phi) is 3.08. The van der Waals surface area contributed by atoms with Crippen molar-refractivity contribution in [3.8, 4) is 0 Å². The Morgan fingerprint density at radius 3 is 3.00 bits per heavy atom. The van der Waals surface area contributed by atoms with E-state index >= 15 is 0 Å². The van der Waals surface area contributed by atoms with Crippen LogP contribution in [0.2, 0.25) is 0 Å². The van der Waals surface area contributed by atoms with Crippen molar-refractivity contribution in [3.05, 3.63) is 0 Å². The number of hydrogen-bond acceptors (Lipinski definition) is 2. The van der Waals surface area contributed by atoms with Gasteiger partial charge in [0, 0.05) is 5.71 Å². The van der Waals surface area contributed by atoms with Crippen molar-refractivity contribution in [2.75, 3.05) is 0 Å². The van der Waals surface area contributed by atoms with Crippen molar-refractivity contribution in [1.29, 1.82) is 0 Å². The molecule has 1 aliphatic rings. The van der Waals surface area contributed by atoms with Crippen molar-refractivity contribution >= 4 is 11.7 Å². The van der Waals surface area contributed by atoms with Crippen LogP contribution in [-0.2, 0) is 0 Å². The number of amides is 2. The maximum atomic E-state index is 10.4. The van der Waals surface area contributed by atoms with Crippen molar-refractivity contribution in [3.63, 3.8) is 0 Å². The summed E-state index contributed by atoms with van der Waals surface area (Å²) in [5.74, 6) is 0.491. The Bertz CT molecular complexity index is 200. The summed E-state index contributed by atoms with van der Waals surface area (Å²) < 4.78 is 0. The second kappa shape index (κ2) is 4.09. The zero-order valence-electron chi connectivity index (χ0n) is 7.34. The van der Waals surface area contributed by atoms with E-state index in [4.69, 9.17) is 5.73 Å². The third kappa shape index (κ3) is 2.53. The predicted octanol–water partition coefficient (Wildman–Crippen LogP) is 1.22. The van der Waals surface area contributed by atoms with Gasteiger partial charge in [0.2, 0.25) is 0 Å². The van der Waals surface area contributed by atoms with Crippen LogP contribution in [0.4, 0.5) is 4.79 Å². The minimum atomic E-state index is -0.583. The number of nitrogens with one attached hydrogen (secondary N) is 1. The molecule has 1 rings (SSSR count). The molecule has 12 heavy (non-hydrogen) atoms. The zero-order valence-corrected chi connectivity index (χ0v) is 7.34. The van der Waals surface area contributed by atoms with Crippen LogP contribution in [0.15, 0.2) is 5.10 Å². The number of nitrogens with zero attached hydrogens (tertiary/aromatic N) is 1. The molecule has 0 aromatic rings. The van der Waals surface area contributed by atoms with Gasteiger partial charge in [-0.25, -0.2) is 10.2 Å². The van der Waals surface area contributed by atoms with Gasteiger partial charge in [-0.15, -0.1) is 0 Å². The molecule has 0 spiro atoms. The normalized spacial score (nSPS) is 27.1. The van der Waals surface area contributed by atoms with E-state index in [1.807, 2.05) is 0 Å². The van der Waals surface area contributed by atoms with Crippen LogP contribution in [0.3, 0.4) is 0 Å². The summed E-state index contributed by atoms with van der Waals surface area (Å²) >= 11 is 0. The van der Waals surface area contributed by atoms with Crippen LogP contribution >= 0.6 is 0 Å². The van der Waals surface area contributed by atoms with Crippen LogP contribution in [0.1, 0.15) is 32.6 Å². The lowest BCUT2D eigenvalue weighted by molar-refractivity contribution is 0.249. The molecule has 1 saturated carbocycles. The summed E-state index contributed by atoms with van der Waals surface area (Å²) in [6.45, 7) is 2.13. The van der Waals surface area contributed by atoms with Gasteiger partial charge in [0.15, 0.2) is 0 Å². The molecule has 68 valence electrons. The monoisotopic (exact) mass is 169 g/mol. The molecule has 0 bridgehead atoms. The number of nitrogens with two attached hydrogens (primary N) is 1. The Labute approximate surface area is 72.2 Å². The number of carbonyl (C=O) groups is 1. The third-order valence-corrected chi connectivity index (χ3v) is 2.20. The SMILES string of the molecule is CC1CCCC/C1=N/NC(N)=O. The summed E-state index contributed by atoms with van der Waals surface area (Å²) in [6.07, 6.45) is 4.58.